The molecule has 160 valence electrons. The van der Waals surface area contributed by atoms with Crippen molar-refractivity contribution in [2.75, 3.05) is 26.4 Å². The van der Waals surface area contributed by atoms with Crippen LogP contribution in [0.2, 0.25) is 0 Å². The van der Waals surface area contributed by atoms with Gasteiger partial charge in [0.2, 0.25) is 0 Å². The van der Waals surface area contributed by atoms with E-state index in [0.717, 1.165) is 32.1 Å². The molecule has 5 fully saturated rings. The van der Waals surface area contributed by atoms with Crippen molar-refractivity contribution in [2.24, 2.45) is 23.2 Å². The summed E-state index contributed by atoms with van der Waals surface area (Å²) in [7, 11) is 0. The molecular weight excluding hydrogens is 372 g/mol. The fourth-order valence-electron chi connectivity index (χ4n) is 7.65. The molecule has 0 unspecified atom stereocenters. The van der Waals surface area contributed by atoms with Crippen molar-refractivity contribution in [3.05, 3.63) is 12.2 Å². The molecule has 2 saturated carbocycles. The molecule has 4 heterocycles. The highest BCUT2D eigenvalue weighted by molar-refractivity contribution is 5.86. The molecule has 0 radical (unpaired) electrons. The Morgan fingerprint density at radius 2 is 1.79 bits per heavy atom. The average Bonchev–Trinajstić information content (AvgIpc) is 3.46. The Labute approximate surface area is 172 Å². The van der Waals surface area contributed by atoms with E-state index in [1.54, 1.807) is 0 Å². The summed E-state index contributed by atoms with van der Waals surface area (Å²) in [6.07, 6.45) is 9.62. The van der Waals surface area contributed by atoms with Crippen molar-refractivity contribution in [1.82, 2.24) is 0 Å². The predicted octanol–water partition coefficient (Wildman–Crippen LogP) is 2.99. The number of ketones is 1. The Morgan fingerprint density at radius 1 is 1.07 bits per heavy atom. The van der Waals surface area contributed by atoms with E-state index in [1.807, 2.05) is 6.92 Å². The third-order valence-electron chi connectivity index (χ3n) is 8.88. The van der Waals surface area contributed by atoms with Gasteiger partial charge >= 0.3 is 0 Å². The second-order valence-corrected chi connectivity index (χ2v) is 10.3. The molecule has 2 bridgehead atoms. The van der Waals surface area contributed by atoms with Crippen molar-refractivity contribution in [1.29, 1.82) is 0 Å². The van der Waals surface area contributed by atoms with Crippen LogP contribution in [0, 0.1) is 23.2 Å². The second kappa shape index (κ2) is 6.13. The molecule has 3 saturated heterocycles. The van der Waals surface area contributed by atoms with Crippen LogP contribution in [0.5, 0.6) is 0 Å². The zero-order valence-electron chi connectivity index (χ0n) is 17.5. The maximum absolute atomic E-state index is 13.7. The molecule has 6 aliphatic rings. The van der Waals surface area contributed by atoms with Crippen LogP contribution in [-0.4, -0.2) is 55.5 Å². The fourth-order valence-corrected chi connectivity index (χ4v) is 7.65. The highest BCUT2D eigenvalue weighted by Crippen LogP contribution is 2.67. The van der Waals surface area contributed by atoms with Gasteiger partial charge in [-0.15, -0.1) is 0 Å². The summed E-state index contributed by atoms with van der Waals surface area (Å²) in [6.45, 7) is 6.76. The van der Waals surface area contributed by atoms with Crippen LogP contribution < -0.4 is 0 Å². The van der Waals surface area contributed by atoms with Crippen LogP contribution in [0.3, 0.4) is 0 Å². The third kappa shape index (κ3) is 2.38. The molecule has 6 atom stereocenters. The molecule has 6 rings (SSSR count). The highest BCUT2D eigenvalue weighted by atomic mass is 16.7. The monoisotopic (exact) mass is 404 g/mol. The molecule has 2 spiro atoms. The van der Waals surface area contributed by atoms with Gasteiger partial charge in [-0.25, -0.2) is 0 Å². The smallest absolute Gasteiger partial charge is 0.174 e. The summed E-state index contributed by atoms with van der Waals surface area (Å²) in [5.74, 6) is -0.463. The lowest BCUT2D eigenvalue weighted by Crippen LogP contribution is -2.66. The Kier molecular flexibility index (Phi) is 4.00. The number of hydrogen-bond acceptors (Lipinski definition) is 6. The lowest BCUT2D eigenvalue weighted by atomic mass is 9.47. The number of ether oxygens (including phenoxy) is 5. The van der Waals surface area contributed by atoms with E-state index in [0.29, 0.717) is 38.6 Å². The van der Waals surface area contributed by atoms with Gasteiger partial charge < -0.3 is 23.7 Å². The van der Waals surface area contributed by atoms with E-state index in [-0.39, 0.29) is 29.3 Å². The molecule has 0 aromatic carbocycles. The van der Waals surface area contributed by atoms with Crippen LogP contribution in [0.4, 0.5) is 0 Å². The summed E-state index contributed by atoms with van der Waals surface area (Å²) >= 11 is 0. The molecule has 0 aromatic rings. The van der Waals surface area contributed by atoms with Gasteiger partial charge in [-0.05, 0) is 26.2 Å². The first-order chi connectivity index (χ1) is 13.9. The lowest BCUT2D eigenvalue weighted by Gasteiger charge is -2.60. The molecule has 0 N–H and O–H groups in total. The summed E-state index contributed by atoms with van der Waals surface area (Å²) in [5.41, 5.74) is -0.840. The molecule has 2 aliphatic carbocycles. The topological polar surface area (TPSA) is 63.2 Å². The van der Waals surface area contributed by atoms with Crippen LogP contribution in [0.25, 0.3) is 0 Å². The first kappa shape index (κ1) is 18.9. The van der Waals surface area contributed by atoms with Gasteiger partial charge in [0.25, 0.3) is 0 Å². The van der Waals surface area contributed by atoms with Crippen LogP contribution in [0.15, 0.2) is 12.2 Å². The van der Waals surface area contributed by atoms with Gasteiger partial charge in [-0.2, -0.15) is 0 Å². The third-order valence-corrected chi connectivity index (χ3v) is 8.88. The molecule has 0 aromatic heterocycles. The summed E-state index contributed by atoms with van der Waals surface area (Å²) in [4.78, 5) is 13.7. The Balaban J connectivity index is 1.32. The van der Waals surface area contributed by atoms with Crippen molar-refractivity contribution >= 4 is 5.78 Å². The van der Waals surface area contributed by atoms with Gasteiger partial charge in [0, 0.05) is 36.5 Å². The lowest BCUT2D eigenvalue weighted by molar-refractivity contribution is -0.293. The van der Waals surface area contributed by atoms with Crippen molar-refractivity contribution in [3.63, 3.8) is 0 Å². The highest BCUT2D eigenvalue weighted by Gasteiger charge is 2.73. The van der Waals surface area contributed by atoms with E-state index >= 15 is 0 Å². The normalized spacial score (nSPS) is 49.0. The van der Waals surface area contributed by atoms with Crippen molar-refractivity contribution in [3.8, 4) is 0 Å². The largest absolute Gasteiger partial charge is 0.362 e. The van der Waals surface area contributed by atoms with Gasteiger partial charge in [-0.1, -0.05) is 19.1 Å². The Morgan fingerprint density at radius 3 is 2.55 bits per heavy atom. The number of carbonyl (C=O) groups excluding carboxylic acids is 1. The number of hydrogen-bond donors (Lipinski definition) is 0. The van der Waals surface area contributed by atoms with Crippen molar-refractivity contribution in [2.45, 2.75) is 75.7 Å². The zero-order valence-corrected chi connectivity index (χ0v) is 17.5. The SMILES string of the molecule is CC1(CC[C@H]2[C@H]3C(=O)C[C@@]4(C)[C@@H](CCCC45OCCO5)[C@]34C=C[C@H]2O4)OCCO1. The molecular formula is C23H32O6. The van der Waals surface area contributed by atoms with Gasteiger partial charge in [0.05, 0.1) is 38.4 Å². The second-order valence-electron chi connectivity index (χ2n) is 10.3. The first-order valence-electron chi connectivity index (χ1n) is 11.4. The van der Waals surface area contributed by atoms with E-state index < -0.39 is 17.2 Å². The maximum Gasteiger partial charge on any atom is 0.174 e. The van der Waals surface area contributed by atoms with E-state index in [2.05, 4.69) is 19.1 Å². The number of carbonyl (C=O) groups is 1. The minimum absolute atomic E-state index is 0.0135. The van der Waals surface area contributed by atoms with Crippen molar-refractivity contribution < 1.29 is 28.5 Å². The molecule has 6 nitrogen and oxygen atoms in total. The van der Waals surface area contributed by atoms with Gasteiger partial charge in [-0.3, -0.25) is 4.79 Å². The van der Waals surface area contributed by atoms with Crippen LogP contribution >= 0.6 is 0 Å². The average molecular weight is 405 g/mol. The minimum atomic E-state index is -0.627. The molecule has 29 heavy (non-hydrogen) atoms. The van der Waals surface area contributed by atoms with Gasteiger partial charge in [0.15, 0.2) is 11.6 Å². The quantitative estimate of drug-likeness (QED) is 0.674. The standard InChI is InChI=1S/C23H32O6/c1-20-14-16(24)19-15(5-8-21(2)25-10-11-26-21)17-6-9-22(19,29-17)18(20)4-3-7-23(20)27-12-13-28-23/h6,9,15,17-19H,3-5,7-8,10-14H2,1-2H3/t15-,17-,18-,19+,20+,22-/m1/s1. The predicted molar refractivity (Wildman–Crippen MR) is 103 cm³/mol. The number of rotatable bonds is 3. The number of fused-ring (bicyclic) bond motifs is 3. The first-order valence-corrected chi connectivity index (χ1v) is 11.4. The van der Waals surface area contributed by atoms with Crippen LogP contribution in [-0.2, 0) is 28.5 Å². The van der Waals surface area contributed by atoms with E-state index in [9.17, 15) is 4.79 Å². The molecule has 4 aliphatic heterocycles. The van der Waals surface area contributed by atoms with Crippen LogP contribution in [0.1, 0.15) is 52.4 Å². The Hall–Kier alpha value is -0.790. The van der Waals surface area contributed by atoms with E-state index in [1.165, 1.54) is 0 Å². The number of Topliss-reactive ketones (excluding diaryl/α,β-unsaturated/α-hetero) is 1. The van der Waals surface area contributed by atoms with E-state index in [4.69, 9.17) is 23.7 Å². The Bertz CT molecular complexity index is 736. The minimum Gasteiger partial charge on any atom is -0.362 e. The summed E-state index contributed by atoms with van der Waals surface area (Å²) < 4.78 is 30.8. The maximum atomic E-state index is 13.7. The molecule has 6 heteroatoms. The molecule has 0 amide bonds. The summed E-state index contributed by atoms with van der Waals surface area (Å²) in [5, 5.41) is 0. The van der Waals surface area contributed by atoms with Gasteiger partial charge in [0.1, 0.15) is 11.4 Å². The fraction of sp³-hybridized carbons (Fsp3) is 0.870. The zero-order chi connectivity index (χ0) is 19.9. The summed E-state index contributed by atoms with van der Waals surface area (Å²) in [6, 6.07) is 0.